The van der Waals surface area contributed by atoms with E-state index >= 15 is 0 Å². The van der Waals surface area contributed by atoms with E-state index < -0.39 is 0 Å². The van der Waals surface area contributed by atoms with Crippen molar-refractivity contribution in [3.05, 3.63) is 47.0 Å². The molecule has 0 saturated carbocycles. The van der Waals surface area contributed by atoms with E-state index in [1.54, 1.807) is 25.6 Å². The van der Waals surface area contributed by atoms with Gasteiger partial charge >= 0.3 is 0 Å². The molecule has 7 heteroatoms. The van der Waals surface area contributed by atoms with Crippen molar-refractivity contribution in [2.24, 2.45) is 0 Å². The first kappa shape index (κ1) is 20.1. The topological polar surface area (TPSA) is 65.4 Å². The summed E-state index contributed by atoms with van der Waals surface area (Å²) < 4.78 is 12.3. The minimum absolute atomic E-state index is 0.138. The van der Waals surface area contributed by atoms with Crippen LogP contribution in [0.1, 0.15) is 29.4 Å². The van der Waals surface area contributed by atoms with E-state index in [2.05, 4.69) is 16.8 Å². The molecule has 2 heterocycles. The van der Waals surface area contributed by atoms with Crippen LogP contribution in [0.2, 0.25) is 0 Å². The third kappa shape index (κ3) is 4.10. The second-order valence-electron chi connectivity index (χ2n) is 6.39. The van der Waals surface area contributed by atoms with Gasteiger partial charge in [0.05, 0.1) is 24.1 Å². The lowest BCUT2D eigenvalue weighted by Gasteiger charge is -2.09. The number of aromatic nitrogens is 2. The number of nitrogens with zero attached hydrogens (tertiary/aromatic N) is 2. The maximum Gasteiger partial charge on any atom is 0.254 e. The summed E-state index contributed by atoms with van der Waals surface area (Å²) >= 11 is 1.59. The van der Waals surface area contributed by atoms with Crippen molar-refractivity contribution in [3.63, 3.8) is 0 Å². The maximum atomic E-state index is 12.5. The summed E-state index contributed by atoms with van der Waals surface area (Å²) in [6.45, 7) is 5.11. The van der Waals surface area contributed by atoms with Gasteiger partial charge in [-0.1, -0.05) is 6.92 Å². The summed E-state index contributed by atoms with van der Waals surface area (Å²) in [5.41, 5.74) is 4.46. The number of hydrogen-bond donors (Lipinski definition) is 1. The Bertz CT molecular complexity index is 944. The normalized spacial score (nSPS) is 10.9. The summed E-state index contributed by atoms with van der Waals surface area (Å²) in [5.74, 6) is 0.681. The Morgan fingerprint density at radius 3 is 2.64 bits per heavy atom. The molecule has 0 aliphatic carbocycles. The van der Waals surface area contributed by atoms with Gasteiger partial charge in [0.2, 0.25) is 0 Å². The van der Waals surface area contributed by atoms with Crippen molar-refractivity contribution >= 4 is 17.2 Å². The molecule has 0 aliphatic rings. The average molecular weight is 400 g/mol. The van der Waals surface area contributed by atoms with Crippen LogP contribution in [-0.4, -0.2) is 36.4 Å². The number of thiazole rings is 1. The Labute approximate surface area is 169 Å². The molecule has 0 unspecified atom stereocenters. The molecule has 0 saturated heterocycles. The summed E-state index contributed by atoms with van der Waals surface area (Å²) in [5, 5.41) is 5.74. The zero-order valence-electron chi connectivity index (χ0n) is 16.6. The number of carbonyl (C=O) groups excluding carboxylic acids is 1. The number of methoxy groups -OCH3 is 2. The van der Waals surface area contributed by atoms with Gasteiger partial charge < -0.3 is 19.4 Å². The molecule has 0 bridgehead atoms. The largest absolute Gasteiger partial charge is 0.497 e. The van der Waals surface area contributed by atoms with Crippen molar-refractivity contribution in [1.82, 2.24) is 14.9 Å². The lowest BCUT2D eigenvalue weighted by atomic mass is 10.2. The summed E-state index contributed by atoms with van der Waals surface area (Å²) in [4.78, 5) is 17.3. The molecule has 0 radical (unpaired) electrons. The Hall–Kier alpha value is -2.64. The van der Waals surface area contributed by atoms with Crippen LogP contribution in [0.15, 0.2) is 35.7 Å². The predicted molar refractivity (Wildman–Crippen MR) is 112 cm³/mol. The standard InChI is InChI=1S/C21H25N3O3S/c1-5-10-24-14(2)17(20(25)22-13-26-3)11-19(24)18-12-28-21(23-18)15-6-8-16(27-4)9-7-15/h6-9,11-12H,5,10,13H2,1-4H3,(H,22,25). The molecule has 1 amide bonds. The van der Waals surface area contributed by atoms with E-state index in [0.29, 0.717) is 5.56 Å². The molecule has 0 atom stereocenters. The van der Waals surface area contributed by atoms with Crippen LogP contribution in [0, 0.1) is 6.92 Å². The number of ether oxygens (including phenoxy) is 2. The molecule has 3 rings (SSSR count). The number of rotatable bonds is 8. The molecule has 2 aromatic heterocycles. The monoisotopic (exact) mass is 399 g/mol. The van der Waals surface area contributed by atoms with E-state index in [4.69, 9.17) is 14.5 Å². The van der Waals surface area contributed by atoms with E-state index in [-0.39, 0.29) is 12.6 Å². The van der Waals surface area contributed by atoms with Gasteiger partial charge in [0.15, 0.2) is 0 Å². The van der Waals surface area contributed by atoms with Gasteiger partial charge in [-0.05, 0) is 43.7 Å². The first-order valence-electron chi connectivity index (χ1n) is 9.16. The van der Waals surface area contributed by atoms with E-state index in [0.717, 1.165) is 46.4 Å². The van der Waals surface area contributed by atoms with Crippen molar-refractivity contribution in [2.45, 2.75) is 26.8 Å². The number of carbonyl (C=O) groups is 1. The lowest BCUT2D eigenvalue weighted by Crippen LogP contribution is -2.25. The summed E-state index contributed by atoms with van der Waals surface area (Å²) in [7, 11) is 3.21. The highest BCUT2D eigenvalue weighted by atomic mass is 32.1. The molecule has 1 N–H and O–H groups in total. The van der Waals surface area contributed by atoms with Crippen LogP contribution in [0.3, 0.4) is 0 Å². The molecule has 0 spiro atoms. The third-order valence-electron chi connectivity index (χ3n) is 4.54. The molecule has 0 fully saturated rings. The Morgan fingerprint density at radius 1 is 1.25 bits per heavy atom. The number of hydrogen-bond acceptors (Lipinski definition) is 5. The van der Waals surface area contributed by atoms with Crippen molar-refractivity contribution in [2.75, 3.05) is 21.0 Å². The van der Waals surface area contributed by atoms with Gasteiger partial charge in [0.25, 0.3) is 5.91 Å². The zero-order valence-corrected chi connectivity index (χ0v) is 17.4. The fraction of sp³-hybridized carbons (Fsp3) is 0.333. The van der Waals surface area contributed by atoms with Gasteiger partial charge in [-0.25, -0.2) is 4.98 Å². The Balaban J connectivity index is 1.96. The number of nitrogens with one attached hydrogen (secondary N) is 1. The van der Waals surface area contributed by atoms with E-state index in [9.17, 15) is 4.79 Å². The quantitative estimate of drug-likeness (QED) is 0.572. The third-order valence-corrected chi connectivity index (χ3v) is 5.43. The van der Waals surface area contributed by atoms with Crippen LogP contribution in [0.25, 0.3) is 22.0 Å². The molecule has 0 aliphatic heterocycles. The molecule has 148 valence electrons. The first-order chi connectivity index (χ1) is 13.6. The molecule has 28 heavy (non-hydrogen) atoms. The van der Waals surface area contributed by atoms with E-state index in [1.807, 2.05) is 42.6 Å². The minimum Gasteiger partial charge on any atom is -0.497 e. The fourth-order valence-electron chi connectivity index (χ4n) is 3.09. The van der Waals surface area contributed by atoms with Gasteiger partial charge in [0, 0.05) is 30.3 Å². The summed E-state index contributed by atoms with van der Waals surface area (Å²) in [6, 6.07) is 9.78. The maximum absolute atomic E-state index is 12.5. The van der Waals surface area contributed by atoms with Crippen molar-refractivity contribution in [1.29, 1.82) is 0 Å². The second kappa shape index (κ2) is 9.03. The van der Waals surface area contributed by atoms with Crippen LogP contribution in [-0.2, 0) is 11.3 Å². The molecule has 6 nitrogen and oxygen atoms in total. The van der Waals surface area contributed by atoms with Gasteiger partial charge in [0.1, 0.15) is 17.5 Å². The van der Waals surface area contributed by atoms with E-state index in [1.165, 1.54) is 0 Å². The van der Waals surface area contributed by atoms with Gasteiger partial charge in [-0.3, -0.25) is 4.79 Å². The second-order valence-corrected chi connectivity index (χ2v) is 7.24. The van der Waals surface area contributed by atoms with Gasteiger partial charge in [-0.2, -0.15) is 0 Å². The highest BCUT2D eigenvalue weighted by molar-refractivity contribution is 7.13. The van der Waals surface area contributed by atoms with Crippen LogP contribution in [0.5, 0.6) is 5.75 Å². The zero-order chi connectivity index (χ0) is 20.1. The molecule has 1 aromatic carbocycles. The fourth-order valence-corrected chi connectivity index (χ4v) is 3.91. The Kier molecular flexibility index (Phi) is 6.49. The SMILES string of the molecule is CCCn1c(-c2csc(-c3ccc(OC)cc3)n2)cc(C(=O)NCOC)c1C. The molecular formula is C21H25N3O3S. The first-order valence-corrected chi connectivity index (χ1v) is 10.0. The molecular weight excluding hydrogens is 374 g/mol. The van der Waals surface area contributed by atoms with Crippen molar-refractivity contribution < 1.29 is 14.3 Å². The highest BCUT2D eigenvalue weighted by Crippen LogP contribution is 2.32. The minimum atomic E-state index is -0.138. The Morgan fingerprint density at radius 2 is 2.00 bits per heavy atom. The molecule has 3 aromatic rings. The van der Waals surface area contributed by atoms with Crippen LogP contribution in [0.4, 0.5) is 0 Å². The van der Waals surface area contributed by atoms with Gasteiger partial charge in [-0.15, -0.1) is 11.3 Å². The number of benzene rings is 1. The highest BCUT2D eigenvalue weighted by Gasteiger charge is 2.20. The van der Waals surface area contributed by atoms with Crippen LogP contribution < -0.4 is 10.1 Å². The number of amides is 1. The average Bonchev–Trinajstić information content (AvgIpc) is 3.32. The van der Waals surface area contributed by atoms with Crippen molar-refractivity contribution in [3.8, 4) is 27.7 Å². The lowest BCUT2D eigenvalue weighted by molar-refractivity contribution is 0.0871. The predicted octanol–water partition coefficient (Wildman–Crippen LogP) is 4.34. The van der Waals surface area contributed by atoms with Crippen LogP contribution >= 0.6 is 11.3 Å². The summed E-state index contributed by atoms with van der Waals surface area (Å²) in [6.07, 6.45) is 0.969. The smallest absolute Gasteiger partial charge is 0.254 e.